The number of nitrogens with zero attached hydrogens (tertiary/aromatic N) is 2. The summed E-state index contributed by atoms with van der Waals surface area (Å²) < 4.78 is 55.6. The van der Waals surface area contributed by atoms with Crippen molar-refractivity contribution in [3.05, 3.63) is 53.4 Å². The first-order chi connectivity index (χ1) is 15.6. The van der Waals surface area contributed by atoms with Gasteiger partial charge >= 0.3 is 5.97 Å². The number of aromatic nitrogens is 2. The molecular formula is C21H20F2N4O5S. The summed E-state index contributed by atoms with van der Waals surface area (Å²) >= 11 is 0. The number of halogens is 2. The van der Waals surface area contributed by atoms with E-state index in [0.717, 1.165) is 12.1 Å². The molecule has 174 valence electrons. The zero-order chi connectivity index (χ0) is 23.9. The van der Waals surface area contributed by atoms with Crippen LogP contribution in [0.3, 0.4) is 0 Å². The summed E-state index contributed by atoms with van der Waals surface area (Å²) in [7, 11) is -3.86. The number of carboxylic acid groups (broad SMARTS) is 1. The number of ketones is 1. The number of carbonyl (C=O) groups is 2. The van der Waals surface area contributed by atoms with Crippen molar-refractivity contribution in [2.75, 3.05) is 28.5 Å². The Kier molecular flexibility index (Phi) is 5.78. The first-order valence-corrected chi connectivity index (χ1v) is 11.7. The monoisotopic (exact) mass is 478 g/mol. The molecule has 0 atom stereocenters. The predicted molar refractivity (Wildman–Crippen MR) is 117 cm³/mol. The van der Waals surface area contributed by atoms with E-state index in [1.807, 2.05) is 4.72 Å². The fourth-order valence-corrected chi connectivity index (χ4v) is 4.79. The SMILES string of the molecule is CCCS(=O)(=O)Nc1ccc(F)c(C(=O)c2c[nH]c3ncc(N4CC(C(=O)O)C4)cc23)c1F. The third kappa shape index (κ3) is 4.25. The molecule has 0 saturated carbocycles. The highest BCUT2D eigenvalue weighted by Crippen LogP contribution is 2.31. The predicted octanol–water partition coefficient (Wildman–Crippen LogP) is 2.74. The molecule has 3 N–H and O–H groups in total. The van der Waals surface area contributed by atoms with Gasteiger partial charge in [-0.05, 0) is 24.6 Å². The van der Waals surface area contributed by atoms with Crippen molar-refractivity contribution in [2.24, 2.45) is 5.92 Å². The second-order valence-corrected chi connectivity index (χ2v) is 9.61. The Morgan fingerprint density at radius 3 is 2.70 bits per heavy atom. The minimum Gasteiger partial charge on any atom is -0.481 e. The molecule has 1 fully saturated rings. The molecule has 0 spiro atoms. The lowest BCUT2D eigenvalue weighted by Crippen LogP contribution is -2.50. The van der Waals surface area contributed by atoms with Crippen molar-refractivity contribution in [1.82, 2.24) is 9.97 Å². The number of pyridine rings is 1. The number of sulfonamides is 1. The van der Waals surface area contributed by atoms with Gasteiger partial charge in [0.15, 0.2) is 5.82 Å². The molecule has 0 unspecified atom stereocenters. The summed E-state index contributed by atoms with van der Waals surface area (Å²) in [5.74, 6) is -5.11. The first-order valence-electron chi connectivity index (χ1n) is 10.1. The van der Waals surface area contributed by atoms with E-state index in [0.29, 0.717) is 23.1 Å². The van der Waals surface area contributed by atoms with Gasteiger partial charge in [-0.2, -0.15) is 0 Å². The smallest absolute Gasteiger partial charge is 0.310 e. The van der Waals surface area contributed by atoms with Crippen LogP contribution in [-0.2, 0) is 14.8 Å². The largest absolute Gasteiger partial charge is 0.481 e. The van der Waals surface area contributed by atoms with E-state index < -0.39 is 50.6 Å². The molecule has 0 bridgehead atoms. The Balaban J connectivity index is 1.69. The molecule has 0 radical (unpaired) electrons. The Hall–Kier alpha value is -3.54. The Morgan fingerprint density at radius 2 is 2.03 bits per heavy atom. The summed E-state index contributed by atoms with van der Waals surface area (Å²) in [4.78, 5) is 32.9. The molecule has 33 heavy (non-hydrogen) atoms. The van der Waals surface area contributed by atoms with Gasteiger partial charge < -0.3 is 15.0 Å². The highest BCUT2D eigenvalue weighted by atomic mass is 32.2. The van der Waals surface area contributed by atoms with Crippen molar-refractivity contribution in [3.8, 4) is 0 Å². The van der Waals surface area contributed by atoms with E-state index in [1.54, 1.807) is 17.9 Å². The number of carboxylic acids is 1. The number of nitrogens with one attached hydrogen (secondary N) is 2. The zero-order valence-corrected chi connectivity index (χ0v) is 18.2. The maximum atomic E-state index is 15.1. The zero-order valence-electron chi connectivity index (χ0n) is 17.4. The lowest BCUT2D eigenvalue weighted by molar-refractivity contribution is -0.142. The van der Waals surface area contributed by atoms with Gasteiger partial charge in [0, 0.05) is 30.2 Å². The lowest BCUT2D eigenvalue weighted by atomic mass is 9.98. The second kappa shape index (κ2) is 8.43. The first kappa shape index (κ1) is 22.6. The molecule has 1 saturated heterocycles. The summed E-state index contributed by atoms with van der Waals surface area (Å²) in [6.07, 6.45) is 3.07. The summed E-state index contributed by atoms with van der Waals surface area (Å²) in [6.45, 7) is 2.19. The third-order valence-corrected chi connectivity index (χ3v) is 6.89. The highest BCUT2D eigenvalue weighted by Gasteiger charge is 2.33. The van der Waals surface area contributed by atoms with Crippen molar-refractivity contribution in [3.63, 3.8) is 0 Å². The maximum absolute atomic E-state index is 15.1. The molecule has 9 nitrogen and oxygen atoms in total. The van der Waals surface area contributed by atoms with E-state index >= 15 is 4.39 Å². The van der Waals surface area contributed by atoms with Crippen LogP contribution in [0.25, 0.3) is 11.0 Å². The molecule has 1 aliphatic rings. The summed E-state index contributed by atoms with van der Waals surface area (Å²) in [5.41, 5.74) is -0.602. The third-order valence-electron chi connectivity index (χ3n) is 5.41. The van der Waals surface area contributed by atoms with Crippen LogP contribution in [0.1, 0.15) is 29.3 Å². The second-order valence-electron chi connectivity index (χ2n) is 7.77. The maximum Gasteiger partial charge on any atom is 0.310 e. The van der Waals surface area contributed by atoms with Crippen molar-refractivity contribution in [1.29, 1.82) is 0 Å². The number of rotatable bonds is 8. The normalized spacial score (nSPS) is 14.3. The average molecular weight is 478 g/mol. The van der Waals surface area contributed by atoms with Crippen LogP contribution in [0.15, 0.2) is 30.6 Å². The Labute approximate surface area is 187 Å². The lowest BCUT2D eigenvalue weighted by Gasteiger charge is -2.38. The number of fused-ring (bicyclic) bond motifs is 1. The number of carbonyl (C=O) groups excluding carboxylic acids is 1. The van der Waals surface area contributed by atoms with Crippen LogP contribution in [0.4, 0.5) is 20.2 Å². The molecule has 1 aliphatic heterocycles. The van der Waals surface area contributed by atoms with Crippen LogP contribution in [-0.4, -0.2) is 54.1 Å². The number of H-pyrrole nitrogens is 1. The standard InChI is InChI=1S/C21H20F2N4O5S/c1-2-5-33(31,32)26-16-4-3-15(22)17(18(16)23)19(28)14-8-25-20-13(14)6-12(7-24-20)27-9-11(10-27)21(29)30/h3-4,6-8,11,26H,2,5,9-10H2,1H3,(H,24,25)(H,29,30). The van der Waals surface area contributed by atoms with Crippen LogP contribution in [0.2, 0.25) is 0 Å². The fourth-order valence-electron chi connectivity index (χ4n) is 3.66. The van der Waals surface area contributed by atoms with E-state index in [-0.39, 0.29) is 24.4 Å². The molecule has 3 aromatic rings. The molecular weight excluding hydrogens is 458 g/mol. The van der Waals surface area contributed by atoms with E-state index in [2.05, 4.69) is 9.97 Å². The number of anilines is 2. The summed E-state index contributed by atoms with van der Waals surface area (Å²) in [5, 5.41) is 9.35. The number of aliphatic carboxylic acids is 1. The van der Waals surface area contributed by atoms with E-state index in [1.165, 1.54) is 12.4 Å². The van der Waals surface area contributed by atoms with Crippen molar-refractivity contribution < 1.29 is 31.9 Å². The molecule has 4 rings (SSSR count). The number of hydrogen-bond acceptors (Lipinski definition) is 6. The van der Waals surface area contributed by atoms with Gasteiger partial charge in [-0.15, -0.1) is 0 Å². The molecule has 2 aromatic heterocycles. The van der Waals surface area contributed by atoms with Gasteiger partial charge in [-0.1, -0.05) is 6.92 Å². The number of hydrogen-bond donors (Lipinski definition) is 3. The van der Waals surface area contributed by atoms with Crippen molar-refractivity contribution >= 4 is 44.2 Å². The van der Waals surface area contributed by atoms with Crippen LogP contribution >= 0.6 is 0 Å². The van der Waals surface area contributed by atoms with Gasteiger partial charge in [0.25, 0.3) is 0 Å². The average Bonchev–Trinajstić information content (AvgIpc) is 3.12. The quantitative estimate of drug-likeness (QED) is 0.424. The Bertz CT molecular complexity index is 1370. The molecule has 1 aromatic carbocycles. The Morgan fingerprint density at radius 1 is 1.30 bits per heavy atom. The number of benzene rings is 1. The molecule has 0 aliphatic carbocycles. The van der Waals surface area contributed by atoms with Crippen LogP contribution in [0.5, 0.6) is 0 Å². The van der Waals surface area contributed by atoms with Gasteiger partial charge in [0.1, 0.15) is 11.5 Å². The van der Waals surface area contributed by atoms with Crippen molar-refractivity contribution in [2.45, 2.75) is 13.3 Å². The minimum absolute atomic E-state index is 0.0546. The fraction of sp³-hybridized carbons (Fsp3) is 0.286. The summed E-state index contributed by atoms with van der Waals surface area (Å²) in [6, 6.07) is 3.34. The van der Waals surface area contributed by atoms with E-state index in [9.17, 15) is 22.4 Å². The van der Waals surface area contributed by atoms with Gasteiger partial charge in [0.2, 0.25) is 15.8 Å². The topological polar surface area (TPSA) is 132 Å². The van der Waals surface area contributed by atoms with Gasteiger partial charge in [-0.25, -0.2) is 22.2 Å². The van der Waals surface area contributed by atoms with Crippen LogP contribution < -0.4 is 9.62 Å². The minimum atomic E-state index is -3.86. The van der Waals surface area contributed by atoms with Gasteiger partial charge in [0.05, 0.1) is 34.8 Å². The van der Waals surface area contributed by atoms with E-state index in [4.69, 9.17) is 5.11 Å². The van der Waals surface area contributed by atoms with Gasteiger partial charge in [-0.3, -0.25) is 14.3 Å². The number of aromatic amines is 1. The molecule has 12 heteroatoms. The molecule has 0 amide bonds. The van der Waals surface area contributed by atoms with Crippen LogP contribution in [0, 0.1) is 17.6 Å². The highest BCUT2D eigenvalue weighted by molar-refractivity contribution is 7.92. The molecule has 3 heterocycles.